The molecule has 4 rings (SSSR count). The van der Waals surface area contributed by atoms with Gasteiger partial charge in [-0.15, -0.1) is 0 Å². The molecule has 8 heteroatoms. The van der Waals surface area contributed by atoms with Crippen molar-refractivity contribution in [3.05, 3.63) is 35.0 Å². The van der Waals surface area contributed by atoms with Crippen LogP contribution in [-0.2, 0) is 4.79 Å². The molecule has 2 aromatic rings. The summed E-state index contributed by atoms with van der Waals surface area (Å²) >= 11 is 8.47. The van der Waals surface area contributed by atoms with Crippen LogP contribution in [0.25, 0.3) is 10.9 Å². The van der Waals surface area contributed by atoms with E-state index < -0.39 is 17.6 Å². The summed E-state index contributed by atoms with van der Waals surface area (Å²) in [6.07, 6.45) is 8.23. The molecule has 192 valence electrons. The second-order valence-corrected chi connectivity index (χ2v) is 11.8. The van der Waals surface area contributed by atoms with E-state index in [0.29, 0.717) is 41.5 Å². The Bertz CT molecular complexity index is 1010. The highest BCUT2D eigenvalue weighted by Gasteiger charge is 2.41. The largest absolute Gasteiger partial charge is 0.497 e. The Balaban J connectivity index is 1.34. The summed E-state index contributed by atoms with van der Waals surface area (Å²) in [6.45, 7) is 2.53. The fraction of sp³-hybridized carbons (Fsp3) is 0.630. The SMILES string of the molecule is COc1ccc2ncc(Cl)c(C(F)CCC3(C(=O)O)CCN(CCCSC4CCCC4)CC3)c2c1. The molecule has 2 fully saturated rings. The summed E-state index contributed by atoms with van der Waals surface area (Å²) in [4.78, 5) is 19.0. The third kappa shape index (κ3) is 6.41. The highest BCUT2D eigenvalue weighted by Crippen LogP contribution is 2.42. The first-order valence-corrected chi connectivity index (χ1v) is 14.2. The summed E-state index contributed by atoms with van der Waals surface area (Å²) in [5, 5.41) is 11.8. The Morgan fingerprint density at radius 3 is 2.77 bits per heavy atom. The summed E-state index contributed by atoms with van der Waals surface area (Å²) in [6, 6.07) is 5.30. The second kappa shape index (κ2) is 12.1. The number of thioether (sulfide) groups is 1. The van der Waals surface area contributed by atoms with Crippen LogP contribution >= 0.6 is 23.4 Å². The number of rotatable bonds is 11. The molecule has 0 radical (unpaired) electrons. The maximum absolute atomic E-state index is 15.6. The van der Waals surface area contributed by atoms with Crippen LogP contribution in [0.3, 0.4) is 0 Å². The molecule has 1 saturated carbocycles. The van der Waals surface area contributed by atoms with E-state index in [4.69, 9.17) is 16.3 Å². The van der Waals surface area contributed by atoms with E-state index in [1.54, 1.807) is 25.3 Å². The first kappa shape index (κ1) is 26.5. The summed E-state index contributed by atoms with van der Waals surface area (Å²) in [5.41, 5.74) is 0.125. The first-order chi connectivity index (χ1) is 16.9. The lowest BCUT2D eigenvalue weighted by Gasteiger charge is -2.39. The van der Waals surface area contributed by atoms with Gasteiger partial charge < -0.3 is 14.7 Å². The highest BCUT2D eigenvalue weighted by molar-refractivity contribution is 7.99. The molecule has 0 spiro atoms. The fourth-order valence-corrected chi connectivity index (χ4v) is 7.09. The molecule has 2 aliphatic rings. The van der Waals surface area contributed by atoms with Crippen LogP contribution in [0.15, 0.2) is 24.4 Å². The topological polar surface area (TPSA) is 62.7 Å². The van der Waals surface area contributed by atoms with Gasteiger partial charge in [-0.3, -0.25) is 9.78 Å². The molecule has 1 N–H and O–H groups in total. The van der Waals surface area contributed by atoms with Crippen molar-refractivity contribution in [2.24, 2.45) is 5.41 Å². The number of carbonyl (C=O) groups is 1. The maximum Gasteiger partial charge on any atom is 0.309 e. The Labute approximate surface area is 216 Å². The van der Waals surface area contributed by atoms with E-state index in [0.717, 1.165) is 31.3 Å². The molecule has 0 amide bonds. The third-order valence-electron chi connectivity index (χ3n) is 7.80. The standard InChI is InChI=1S/C27H36ClFN2O3S/c1-34-19-7-8-24-21(17-19)25(22(28)18-30-24)23(29)9-10-27(26(32)33)11-14-31(15-12-27)13-4-16-35-20-5-2-3-6-20/h7-8,17-18,20,23H,2-6,9-16H2,1H3,(H,32,33). The Kier molecular flexibility index (Phi) is 9.17. The van der Waals surface area contributed by atoms with E-state index in [2.05, 4.69) is 21.6 Å². The van der Waals surface area contributed by atoms with Crippen LogP contribution in [0.5, 0.6) is 5.75 Å². The minimum absolute atomic E-state index is 0.111. The first-order valence-electron chi connectivity index (χ1n) is 12.8. The van der Waals surface area contributed by atoms with Crippen molar-refractivity contribution < 1.29 is 19.0 Å². The number of nitrogens with zero attached hydrogens (tertiary/aromatic N) is 2. The van der Waals surface area contributed by atoms with Gasteiger partial charge in [0.1, 0.15) is 11.9 Å². The van der Waals surface area contributed by atoms with Crippen molar-refractivity contribution in [3.8, 4) is 5.75 Å². The van der Waals surface area contributed by atoms with Gasteiger partial charge in [-0.2, -0.15) is 11.8 Å². The zero-order chi connectivity index (χ0) is 24.8. The van der Waals surface area contributed by atoms with Crippen LogP contribution in [0.2, 0.25) is 5.02 Å². The number of pyridine rings is 1. The molecule has 1 saturated heterocycles. The predicted molar refractivity (Wildman–Crippen MR) is 141 cm³/mol. The number of carboxylic acid groups (broad SMARTS) is 1. The van der Waals surface area contributed by atoms with E-state index in [9.17, 15) is 9.90 Å². The highest BCUT2D eigenvalue weighted by atomic mass is 35.5. The molecule has 0 bridgehead atoms. The Morgan fingerprint density at radius 2 is 2.09 bits per heavy atom. The van der Waals surface area contributed by atoms with Crippen molar-refractivity contribution in [2.75, 3.05) is 32.5 Å². The van der Waals surface area contributed by atoms with E-state index in [1.807, 2.05) is 0 Å². The molecule has 1 aliphatic heterocycles. The van der Waals surface area contributed by atoms with E-state index in [1.165, 1.54) is 37.6 Å². The van der Waals surface area contributed by atoms with E-state index >= 15 is 4.39 Å². The Hall–Kier alpha value is -1.57. The van der Waals surface area contributed by atoms with Crippen LogP contribution in [0.4, 0.5) is 4.39 Å². The molecule has 1 aliphatic carbocycles. The number of alkyl halides is 1. The summed E-state index contributed by atoms with van der Waals surface area (Å²) < 4.78 is 20.9. The van der Waals surface area contributed by atoms with Gasteiger partial charge in [-0.05, 0) is 88.5 Å². The normalized spacial score (nSPS) is 19.7. The number of aromatic nitrogens is 1. The molecule has 35 heavy (non-hydrogen) atoms. The number of piperidine rings is 1. The zero-order valence-corrected chi connectivity index (χ0v) is 22.1. The van der Waals surface area contributed by atoms with Gasteiger partial charge in [0.15, 0.2) is 0 Å². The van der Waals surface area contributed by atoms with Gasteiger partial charge >= 0.3 is 5.97 Å². The van der Waals surface area contributed by atoms with E-state index in [-0.39, 0.29) is 11.4 Å². The van der Waals surface area contributed by atoms with Gasteiger partial charge in [0.25, 0.3) is 0 Å². The number of methoxy groups -OCH3 is 1. The minimum atomic E-state index is -1.37. The summed E-state index contributed by atoms with van der Waals surface area (Å²) in [5.74, 6) is 0.972. The monoisotopic (exact) mass is 522 g/mol. The van der Waals surface area contributed by atoms with Crippen molar-refractivity contribution in [2.45, 2.75) is 69.2 Å². The van der Waals surface area contributed by atoms with Crippen LogP contribution in [0.1, 0.15) is 69.5 Å². The maximum atomic E-state index is 15.6. The number of aliphatic carboxylic acids is 1. The molecular formula is C27H36ClFN2O3S. The lowest BCUT2D eigenvalue weighted by molar-refractivity contribution is -0.153. The second-order valence-electron chi connectivity index (χ2n) is 9.97. The van der Waals surface area contributed by atoms with Gasteiger partial charge in [-0.25, -0.2) is 4.39 Å². The molecule has 1 unspecified atom stereocenters. The van der Waals surface area contributed by atoms with Gasteiger partial charge in [-0.1, -0.05) is 24.4 Å². The lowest BCUT2D eigenvalue weighted by Crippen LogP contribution is -2.44. The van der Waals surface area contributed by atoms with Gasteiger partial charge in [0, 0.05) is 22.4 Å². The molecule has 5 nitrogen and oxygen atoms in total. The minimum Gasteiger partial charge on any atom is -0.497 e. The molecule has 2 heterocycles. The predicted octanol–water partition coefficient (Wildman–Crippen LogP) is 6.92. The number of ether oxygens (including phenoxy) is 1. The van der Waals surface area contributed by atoms with Crippen LogP contribution in [-0.4, -0.2) is 58.7 Å². The quantitative estimate of drug-likeness (QED) is 0.323. The molecule has 1 atom stereocenters. The number of hydrogen-bond donors (Lipinski definition) is 1. The van der Waals surface area contributed by atoms with Crippen molar-refractivity contribution in [1.82, 2.24) is 9.88 Å². The Morgan fingerprint density at radius 1 is 1.34 bits per heavy atom. The molecule has 1 aromatic carbocycles. The van der Waals surface area contributed by atoms with Gasteiger partial charge in [0.05, 0.1) is 23.1 Å². The number of carboxylic acids is 1. The average molecular weight is 523 g/mol. The fourth-order valence-electron chi connectivity index (χ4n) is 5.53. The number of halogens is 2. The van der Waals surface area contributed by atoms with Crippen molar-refractivity contribution in [1.29, 1.82) is 0 Å². The number of benzene rings is 1. The number of fused-ring (bicyclic) bond motifs is 1. The third-order valence-corrected chi connectivity index (χ3v) is 9.57. The van der Waals surface area contributed by atoms with Gasteiger partial charge in [0.2, 0.25) is 0 Å². The van der Waals surface area contributed by atoms with Crippen LogP contribution < -0.4 is 4.74 Å². The molecular weight excluding hydrogens is 487 g/mol. The molecule has 1 aromatic heterocycles. The lowest BCUT2D eigenvalue weighted by atomic mass is 9.74. The van der Waals surface area contributed by atoms with Crippen LogP contribution in [0, 0.1) is 5.41 Å². The van der Waals surface area contributed by atoms with Crippen molar-refractivity contribution >= 4 is 40.2 Å². The summed E-state index contributed by atoms with van der Waals surface area (Å²) in [7, 11) is 1.56. The number of likely N-dealkylation sites (tertiary alicyclic amines) is 1. The van der Waals surface area contributed by atoms with Crippen molar-refractivity contribution in [3.63, 3.8) is 0 Å². The number of hydrogen-bond acceptors (Lipinski definition) is 5. The smallest absolute Gasteiger partial charge is 0.309 e. The average Bonchev–Trinajstić information content (AvgIpc) is 3.39. The zero-order valence-electron chi connectivity index (χ0n) is 20.5.